The Morgan fingerprint density at radius 1 is 1.33 bits per heavy atom. The zero-order chi connectivity index (χ0) is 19.4. The van der Waals surface area contributed by atoms with E-state index in [4.69, 9.17) is 4.74 Å². The molecule has 146 valence electrons. The molecule has 1 spiro atoms. The highest BCUT2D eigenvalue weighted by atomic mass is 16.5. The first-order valence-electron chi connectivity index (χ1n) is 9.50. The van der Waals surface area contributed by atoms with Gasteiger partial charge >= 0.3 is 6.03 Å². The van der Waals surface area contributed by atoms with Crippen LogP contribution in [0.4, 0.5) is 4.79 Å². The number of imide groups is 1. The molecule has 1 aliphatic heterocycles. The fraction of sp³-hybridized carbons (Fsp3) is 0.550. The van der Waals surface area contributed by atoms with Gasteiger partial charge in [-0.15, -0.1) is 0 Å². The zero-order valence-electron chi connectivity index (χ0n) is 15.9. The number of nitrogens with one attached hydrogen (secondary N) is 2. The van der Waals surface area contributed by atoms with Crippen molar-refractivity contribution in [1.29, 1.82) is 0 Å². The minimum Gasteiger partial charge on any atom is -0.496 e. The summed E-state index contributed by atoms with van der Waals surface area (Å²) in [6.07, 6.45) is 4.14. The molecule has 0 bridgehead atoms. The van der Waals surface area contributed by atoms with E-state index in [0.717, 1.165) is 35.5 Å². The average molecular weight is 373 g/mol. The summed E-state index contributed by atoms with van der Waals surface area (Å²) in [5, 5.41) is 5.65. The summed E-state index contributed by atoms with van der Waals surface area (Å²) in [5.74, 6) is 0.254. The first-order chi connectivity index (χ1) is 13.0. The van der Waals surface area contributed by atoms with Crippen LogP contribution in [0.3, 0.4) is 0 Å². The van der Waals surface area contributed by atoms with Crippen molar-refractivity contribution in [3.63, 3.8) is 0 Å². The molecule has 1 aliphatic carbocycles. The number of carbonyl (C=O) groups is 3. The Balaban J connectivity index is 1.55. The fourth-order valence-electron chi connectivity index (χ4n) is 4.08. The highest BCUT2D eigenvalue weighted by Gasteiger charge is 2.55. The summed E-state index contributed by atoms with van der Waals surface area (Å²) in [6.45, 7) is 2.16. The van der Waals surface area contributed by atoms with E-state index in [0.29, 0.717) is 19.4 Å². The smallest absolute Gasteiger partial charge is 0.325 e. The summed E-state index contributed by atoms with van der Waals surface area (Å²) < 4.78 is 5.29. The maximum absolute atomic E-state index is 12.9. The number of hydrogen-bond donors (Lipinski definition) is 2. The van der Waals surface area contributed by atoms with Crippen LogP contribution in [0.1, 0.15) is 38.2 Å². The van der Waals surface area contributed by atoms with Crippen LogP contribution in [0.25, 0.3) is 0 Å². The topological polar surface area (TPSA) is 87.7 Å². The van der Waals surface area contributed by atoms with E-state index in [1.165, 1.54) is 0 Å². The first-order valence-corrected chi connectivity index (χ1v) is 9.50. The molecule has 1 aromatic carbocycles. The molecule has 4 amide bonds. The largest absolute Gasteiger partial charge is 0.496 e. The Labute approximate surface area is 159 Å². The molecule has 2 N–H and O–H groups in total. The van der Waals surface area contributed by atoms with Crippen LogP contribution in [-0.4, -0.2) is 48.5 Å². The quantitative estimate of drug-likeness (QED) is 0.745. The number of benzene rings is 1. The summed E-state index contributed by atoms with van der Waals surface area (Å²) in [6, 6.07) is 7.15. The lowest BCUT2D eigenvalue weighted by Crippen LogP contribution is -2.54. The second-order valence-corrected chi connectivity index (χ2v) is 7.35. The van der Waals surface area contributed by atoms with Gasteiger partial charge in [0.15, 0.2) is 0 Å². The molecule has 0 unspecified atom stereocenters. The molecular weight excluding hydrogens is 346 g/mol. The first kappa shape index (κ1) is 19.2. The summed E-state index contributed by atoms with van der Waals surface area (Å²) in [4.78, 5) is 38.5. The normalized spacial score (nSPS) is 24.8. The van der Waals surface area contributed by atoms with E-state index in [9.17, 15) is 14.4 Å². The standard InChI is InChI=1S/C20H27N3O4/c1-14-7-5-6-11-20(14)18(25)23(19(26)22-20)13-17(24)21-12-10-15-8-3-4-9-16(15)27-2/h3-4,8-9,14H,5-7,10-13H2,1-2H3,(H,21,24)(H,22,26)/t14-,20+/m1/s1. The Kier molecular flexibility index (Phi) is 5.68. The number of urea groups is 1. The van der Waals surface area contributed by atoms with Crippen LogP contribution < -0.4 is 15.4 Å². The minimum atomic E-state index is -0.826. The number of hydrogen-bond acceptors (Lipinski definition) is 4. The third kappa shape index (κ3) is 3.77. The van der Waals surface area contributed by atoms with Gasteiger partial charge in [-0.25, -0.2) is 4.79 Å². The minimum absolute atomic E-state index is 0.0845. The lowest BCUT2D eigenvalue weighted by molar-refractivity contribution is -0.137. The maximum atomic E-state index is 12.9. The molecule has 7 heteroatoms. The second-order valence-electron chi connectivity index (χ2n) is 7.35. The molecule has 7 nitrogen and oxygen atoms in total. The lowest BCUT2D eigenvalue weighted by Gasteiger charge is -2.36. The van der Waals surface area contributed by atoms with Gasteiger partial charge in [-0.3, -0.25) is 14.5 Å². The number of amides is 4. The van der Waals surface area contributed by atoms with Crippen molar-refractivity contribution in [3.05, 3.63) is 29.8 Å². The molecule has 2 aliphatic rings. The predicted octanol–water partition coefficient (Wildman–Crippen LogP) is 1.85. The molecule has 1 heterocycles. The third-order valence-corrected chi connectivity index (χ3v) is 5.71. The van der Waals surface area contributed by atoms with E-state index >= 15 is 0 Å². The molecule has 1 saturated heterocycles. The third-order valence-electron chi connectivity index (χ3n) is 5.71. The number of nitrogens with zero attached hydrogens (tertiary/aromatic N) is 1. The Morgan fingerprint density at radius 3 is 2.85 bits per heavy atom. The predicted molar refractivity (Wildman–Crippen MR) is 100 cm³/mol. The molecule has 1 saturated carbocycles. The number of para-hydroxylation sites is 1. The number of ether oxygens (including phenoxy) is 1. The highest BCUT2D eigenvalue weighted by Crippen LogP contribution is 2.38. The van der Waals surface area contributed by atoms with Gasteiger partial charge in [0.05, 0.1) is 7.11 Å². The molecule has 2 atom stereocenters. The Bertz CT molecular complexity index is 736. The van der Waals surface area contributed by atoms with Crippen LogP contribution >= 0.6 is 0 Å². The number of methoxy groups -OCH3 is 1. The molecule has 2 fully saturated rings. The van der Waals surface area contributed by atoms with Crippen molar-refractivity contribution in [2.75, 3.05) is 20.2 Å². The van der Waals surface area contributed by atoms with Gasteiger partial charge in [-0.2, -0.15) is 0 Å². The highest BCUT2D eigenvalue weighted by molar-refractivity contribution is 6.09. The van der Waals surface area contributed by atoms with Gasteiger partial charge in [-0.1, -0.05) is 38.0 Å². The van der Waals surface area contributed by atoms with Gasteiger partial charge in [0.25, 0.3) is 5.91 Å². The monoisotopic (exact) mass is 373 g/mol. The number of carbonyl (C=O) groups excluding carboxylic acids is 3. The van der Waals surface area contributed by atoms with Crippen molar-refractivity contribution >= 4 is 17.8 Å². The molecule has 27 heavy (non-hydrogen) atoms. The van der Waals surface area contributed by atoms with Crippen LogP contribution in [0, 0.1) is 5.92 Å². The molecular formula is C20H27N3O4. The van der Waals surface area contributed by atoms with Crippen molar-refractivity contribution in [2.45, 2.75) is 44.6 Å². The van der Waals surface area contributed by atoms with Crippen LogP contribution in [0.5, 0.6) is 5.75 Å². The van der Waals surface area contributed by atoms with E-state index in [2.05, 4.69) is 10.6 Å². The fourth-order valence-corrected chi connectivity index (χ4v) is 4.08. The zero-order valence-corrected chi connectivity index (χ0v) is 15.9. The summed E-state index contributed by atoms with van der Waals surface area (Å²) in [7, 11) is 1.61. The van der Waals surface area contributed by atoms with Gasteiger partial charge in [0, 0.05) is 6.54 Å². The Morgan fingerprint density at radius 2 is 2.11 bits per heavy atom. The van der Waals surface area contributed by atoms with Crippen LogP contribution in [-0.2, 0) is 16.0 Å². The lowest BCUT2D eigenvalue weighted by atomic mass is 9.73. The Hall–Kier alpha value is -2.57. The molecule has 0 radical (unpaired) electrons. The maximum Gasteiger partial charge on any atom is 0.325 e. The van der Waals surface area contributed by atoms with Crippen molar-refractivity contribution in [1.82, 2.24) is 15.5 Å². The molecule has 3 rings (SSSR count). The summed E-state index contributed by atoms with van der Waals surface area (Å²) in [5.41, 5.74) is 0.165. The van der Waals surface area contributed by atoms with E-state index in [1.807, 2.05) is 31.2 Å². The van der Waals surface area contributed by atoms with Crippen molar-refractivity contribution in [2.24, 2.45) is 5.92 Å². The average Bonchev–Trinajstić information content (AvgIpc) is 2.89. The summed E-state index contributed by atoms with van der Waals surface area (Å²) >= 11 is 0. The van der Waals surface area contributed by atoms with Crippen molar-refractivity contribution in [3.8, 4) is 5.75 Å². The SMILES string of the molecule is COc1ccccc1CCNC(=O)CN1C(=O)N[C@]2(CCCC[C@H]2C)C1=O. The van der Waals surface area contributed by atoms with Crippen molar-refractivity contribution < 1.29 is 19.1 Å². The van der Waals surface area contributed by atoms with E-state index in [-0.39, 0.29) is 24.3 Å². The van der Waals surface area contributed by atoms with Gasteiger partial charge in [-0.05, 0) is 36.8 Å². The second kappa shape index (κ2) is 7.98. The van der Waals surface area contributed by atoms with Gasteiger partial charge < -0.3 is 15.4 Å². The van der Waals surface area contributed by atoms with E-state index < -0.39 is 11.6 Å². The van der Waals surface area contributed by atoms with E-state index in [1.54, 1.807) is 7.11 Å². The molecule has 1 aromatic rings. The number of rotatable bonds is 6. The molecule has 0 aromatic heterocycles. The van der Waals surface area contributed by atoms with Crippen LogP contribution in [0.15, 0.2) is 24.3 Å². The van der Waals surface area contributed by atoms with Gasteiger partial charge in [0.1, 0.15) is 17.8 Å². The van der Waals surface area contributed by atoms with Crippen LogP contribution in [0.2, 0.25) is 0 Å². The van der Waals surface area contributed by atoms with Gasteiger partial charge in [0.2, 0.25) is 5.91 Å².